The number of alkyl halides is 3. The number of nitrogens with two attached hydrogens (primary N) is 1. The molecule has 0 fully saturated rings. The van der Waals surface area contributed by atoms with Crippen LogP contribution in [0.3, 0.4) is 0 Å². The molecule has 2 amide bonds. The fourth-order valence-corrected chi connectivity index (χ4v) is 3.22. The molecule has 0 radical (unpaired) electrons. The number of carbonyl (C=O) groups excluding carboxylic acids is 2. The van der Waals surface area contributed by atoms with E-state index in [1.165, 1.54) is 12.1 Å². The Balaban J connectivity index is 2.11. The number of primary amides is 1. The SMILES string of the molecule is NC(=O)[C@@H](c1ccccc1)N(Cc1cc(C(F)(F)F)ccc1F)C(=O)c1ccccc1. The molecule has 0 aliphatic carbocycles. The van der Waals surface area contributed by atoms with E-state index in [4.69, 9.17) is 5.73 Å². The second kappa shape index (κ2) is 8.99. The molecule has 2 N–H and O–H groups in total. The predicted octanol–water partition coefficient (Wildman–Crippen LogP) is 4.71. The van der Waals surface area contributed by atoms with Crippen molar-refractivity contribution in [1.29, 1.82) is 0 Å². The summed E-state index contributed by atoms with van der Waals surface area (Å²) in [5.74, 6) is -2.51. The molecule has 3 aromatic carbocycles. The number of halogens is 4. The molecule has 0 unspecified atom stereocenters. The van der Waals surface area contributed by atoms with Crippen LogP contribution in [0.4, 0.5) is 17.6 Å². The van der Waals surface area contributed by atoms with Crippen LogP contribution in [-0.4, -0.2) is 16.7 Å². The van der Waals surface area contributed by atoms with Crippen molar-refractivity contribution in [2.75, 3.05) is 0 Å². The molecule has 160 valence electrons. The monoisotopic (exact) mass is 430 g/mol. The third-order valence-corrected chi connectivity index (χ3v) is 4.69. The number of nitrogens with zero attached hydrogens (tertiary/aromatic N) is 1. The number of hydrogen-bond acceptors (Lipinski definition) is 2. The summed E-state index contributed by atoms with van der Waals surface area (Å²) in [4.78, 5) is 26.5. The Labute approximate surface area is 175 Å². The van der Waals surface area contributed by atoms with Crippen LogP contribution < -0.4 is 5.73 Å². The lowest BCUT2D eigenvalue weighted by molar-refractivity contribution is -0.137. The van der Waals surface area contributed by atoms with Gasteiger partial charge in [0.2, 0.25) is 5.91 Å². The highest BCUT2D eigenvalue weighted by molar-refractivity contribution is 5.97. The number of amides is 2. The first-order valence-electron chi connectivity index (χ1n) is 9.24. The zero-order valence-corrected chi connectivity index (χ0v) is 16.1. The summed E-state index contributed by atoms with van der Waals surface area (Å²) >= 11 is 0. The molecule has 0 saturated carbocycles. The Morgan fingerprint density at radius 3 is 2.03 bits per heavy atom. The van der Waals surface area contributed by atoms with Crippen molar-refractivity contribution in [3.8, 4) is 0 Å². The van der Waals surface area contributed by atoms with Gasteiger partial charge in [-0.1, -0.05) is 48.5 Å². The lowest BCUT2D eigenvalue weighted by Gasteiger charge is -2.30. The topological polar surface area (TPSA) is 63.4 Å². The van der Waals surface area contributed by atoms with Gasteiger partial charge in [-0.15, -0.1) is 0 Å². The number of benzene rings is 3. The third-order valence-electron chi connectivity index (χ3n) is 4.69. The molecule has 0 aromatic heterocycles. The Hall–Kier alpha value is -3.68. The van der Waals surface area contributed by atoms with Crippen LogP contribution >= 0.6 is 0 Å². The normalized spacial score (nSPS) is 12.3. The molecule has 0 bridgehead atoms. The van der Waals surface area contributed by atoms with E-state index >= 15 is 0 Å². The van der Waals surface area contributed by atoms with E-state index in [1.807, 2.05) is 0 Å². The van der Waals surface area contributed by atoms with E-state index in [9.17, 15) is 27.2 Å². The summed E-state index contributed by atoms with van der Waals surface area (Å²) in [6, 6.07) is 16.5. The van der Waals surface area contributed by atoms with E-state index in [2.05, 4.69) is 0 Å². The minimum absolute atomic E-state index is 0.178. The third kappa shape index (κ3) is 5.09. The van der Waals surface area contributed by atoms with Crippen molar-refractivity contribution < 1.29 is 27.2 Å². The van der Waals surface area contributed by atoms with E-state index in [-0.39, 0.29) is 11.1 Å². The molecule has 31 heavy (non-hydrogen) atoms. The average Bonchev–Trinajstić information content (AvgIpc) is 2.74. The molecular formula is C23H18F4N2O2. The smallest absolute Gasteiger partial charge is 0.368 e. The zero-order chi connectivity index (χ0) is 22.6. The summed E-state index contributed by atoms with van der Waals surface area (Å²) in [7, 11) is 0. The molecule has 8 heteroatoms. The molecule has 3 aromatic rings. The second-order valence-corrected chi connectivity index (χ2v) is 6.82. The molecule has 0 saturated heterocycles. The van der Waals surface area contributed by atoms with Crippen molar-refractivity contribution in [3.05, 3.63) is 107 Å². The molecular weight excluding hydrogens is 412 g/mol. The van der Waals surface area contributed by atoms with Crippen LogP contribution in [0.2, 0.25) is 0 Å². The summed E-state index contributed by atoms with van der Waals surface area (Å²) < 4.78 is 53.8. The highest BCUT2D eigenvalue weighted by Gasteiger charge is 2.34. The molecule has 3 rings (SSSR count). The van der Waals surface area contributed by atoms with Gasteiger partial charge in [0.1, 0.15) is 11.9 Å². The van der Waals surface area contributed by atoms with Gasteiger partial charge >= 0.3 is 6.18 Å². The van der Waals surface area contributed by atoms with E-state index < -0.39 is 42.0 Å². The van der Waals surface area contributed by atoms with Gasteiger partial charge < -0.3 is 10.6 Å². The number of hydrogen-bond donors (Lipinski definition) is 1. The number of rotatable bonds is 6. The zero-order valence-electron chi connectivity index (χ0n) is 16.1. The van der Waals surface area contributed by atoms with Crippen LogP contribution in [0.25, 0.3) is 0 Å². The Bertz CT molecular complexity index is 1070. The van der Waals surface area contributed by atoms with Gasteiger partial charge in [0.15, 0.2) is 0 Å². The van der Waals surface area contributed by atoms with Crippen molar-refractivity contribution in [1.82, 2.24) is 4.90 Å². The fraction of sp³-hybridized carbons (Fsp3) is 0.130. The van der Waals surface area contributed by atoms with E-state index in [1.54, 1.807) is 48.5 Å². The Morgan fingerprint density at radius 1 is 0.903 bits per heavy atom. The van der Waals surface area contributed by atoms with E-state index in [0.29, 0.717) is 23.8 Å². The summed E-state index contributed by atoms with van der Waals surface area (Å²) in [6.07, 6.45) is -4.70. The lowest BCUT2D eigenvalue weighted by Crippen LogP contribution is -2.41. The molecule has 4 nitrogen and oxygen atoms in total. The molecule has 0 aliphatic heterocycles. The summed E-state index contributed by atoms with van der Waals surface area (Å²) in [5.41, 5.74) is 4.65. The minimum Gasteiger partial charge on any atom is -0.368 e. The van der Waals surface area contributed by atoms with Crippen LogP contribution in [0.15, 0.2) is 78.9 Å². The first kappa shape index (κ1) is 22.0. The lowest BCUT2D eigenvalue weighted by atomic mass is 10.0. The Morgan fingerprint density at radius 2 is 1.48 bits per heavy atom. The van der Waals surface area contributed by atoms with Gasteiger partial charge in [0.25, 0.3) is 5.91 Å². The van der Waals surface area contributed by atoms with Crippen LogP contribution in [0.1, 0.15) is 33.1 Å². The van der Waals surface area contributed by atoms with Gasteiger partial charge in [-0.25, -0.2) is 4.39 Å². The van der Waals surface area contributed by atoms with Gasteiger partial charge in [-0.3, -0.25) is 9.59 Å². The maximum Gasteiger partial charge on any atom is 0.416 e. The molecule has 0 heterocycles. The van der Waals surface area contributed by atoms with Crippen LogP contribution in [0, 0.1) is 5.82 Å². The van der Waals surface area contributed by atoms with Gasteiger partial charge in [0, 0.05) is 11.1 Å². The van der Waals surface area contributed by atoms with E-state index in [0.717, 1.165) is 4.90 Å². The predicted molar refractivity (Wildman–Crippen MR) is 106 cm³/mol. The average molecular weight is 430 g/mol. The molecule has 0 aliphatic rings. The van der Waals surface area contributed by atoms with Gasteiger partial charge in [-0.2, -0.15) is 13.2 Å². The minimum atomic E-state index is -4.70. The highest BCUT2D eigenvalue weighted by Crippen LogP contribution is 2.32. The quantitative estimate of drug-likeness (QED) is 0.576. The van der Waals surface area contributed by atoms with Gasteiger partial charge in [-0.05, 0) is 35.9 Å². The van der Waals surface area contributed by atoms with Crippen LogP contribution in [0.5, 0.6) is 0 Å². The Kier molecular flexibility index (Phi) is 6.39. The first-order valence-corrected chi connectivity index (χ1v) is 9.24. The summed E-state index contributed by atoms with van der Waals surface area (Å²) in [6.45, 7) is -0.591. The van der Waals surface area contributed by atoms with Crippen molar-refractivity contribution >= 4 is 11.8 Å². The fourth-order valence-electron chi connectivity index (χ4n) is 3.22. The van der Waals surface area contributed by atoms with Gasteiger partial charge in [0.05, 0.1) is 12.1 Å². The van der Waals surface area contributed by atoms with Crippen molar-refractivity contribution in [3.63, 3.8) is 0 Å². The molecule has 0 spiro atoms. The highest BCUT2D eigenvalue weighted by atomic mass is 19.4. The van der Waals surface area contributed by atoms with Crippen LogP contribution in [-0.2, 0) is 17.5 Å². The molecule has 1 atom stereocenters. The standard InChI is InChI=1S/C23H18F4N2O2/c24-19-12-11-18(23(25,26)27)13-17(19)14-29(22(31)16-9-5-2-6-10-16)20(21(28)30)15-7-3-1-4-8-15/h1-13,20H,14H2,(H2,28,30)/t20-/m1/s1. The first-order chi connectivity index (χ1) is 14.7. The summed E-state index contributed by atoms with van der Waals surface area (Å²) in [5, 5.41) is 0. The maximum absolute atomic E-state index is 14.4. The maximum atomic E-state index is 14.4. The second-order valence-electron chi connectivity index (χ2n) is 6.82. The van der Waals surface area contributed by atoms with Crippen molar-refractivity contribution in [2.24, 2.45) is 5.73 Å². The van der Waals surface area contributed by atoms with Crippen molar-refractivity contribution in [2.45, 2.75) is 18.8 Å². The number of carbonyl (C=O) groups is 2. The largest absolute Gasteiger partial charge is 0.416 e.